The van der Waals surface area contributed by atoms with Crippen LogP contribution in [0.4, 0.5) is 13.2 Å². The molecular formula is C14H16F3N3O. The van der Waals surface area contributed by atoms with Gasteiger partial charge >= 0.3 is 6.18 Å². The highest BCUT2D eigenvalue weighted by atomic mass is 19.4. The zero-order valence-corrected chi connectivity index (χ0v) is 11.5. The minimum atomic E-state index is -4.23. The van der Waals surface area contributed by atoms with Gasteiger partial charge in [0.2, 0.25) is 5.89 Å². The average Bonchev–Trinajstić information content (AvgIpc) is 2.93. The van der Waals surface area contributed by atoms with Gasteiger partial charge in [0.25, 0.3) is 0 Å². The van der Waals surface area contributed by atoms with Gasteiger partial charge in [0.05, 0.1) is 12.3 Å². The Hall–Kier alpha value is -1.89. The highest BCUT2D eigenvalue weighted by molar-refractivity contribution is 5.21. The number of aromatic nitrogens is 2. The molecule has 0 bridgehead atoms. The third kappa shape index (κ3) is 4.29. The lowest BCUT2D eigenvalue weighted by molar-refractivity contribution is -0.134. The van der Waals surface area contributed by atoms with Crippen molar-refractivity contribution in [2.75, 3.05) is 0 Å². The minimum absolute atomic E-state index is 0.0504. The molecule has 7 heteroatoms. The normalized spacial score (nSPS) is 14.9. The van der Waals surface area contributed by atoms with Crippen LogP contribution in [0, 0.1) is 0 Å². The molecular weight excluding hydrogens is 283 g/mol. The van der Waals surface area contributed by atoms with E-state index >= 15 is 0 Å². The molecule has 114 valence electrons. The second kappa shape index (κ2) is 6.26. The van der Waals surface area contributed by atoms with Crippen LogP contribution in [0.1, 0.15) is 42.6 Å². The minimum Gasteiger partial charge on any atom is -0.339 e. The number of rotatable bonds is 5. The average molecular weight is 299 g/mol. The molecule has 2 atom stereocenters. The molecule has 0 aliphatic carbocycles. The number of hydrogen-bond acceptors (Lipinski definition) is 4. The monoisotopic (exact) mass is 299 g/mol. The molecule has 4 nitrogen and oxygen atoms in total. The lowest BCUT2D eigenvalue weighted by Crippen LogP contribution is -2.18. The smallest absolute Gasteiger partial charge is 0.339 e. The molecule has 0 spiro atoms. The molecule has 0 saturated carbocycles. The van der Waals surface area contributed by atoms with Crippen LogP contribution in [0.3, 0.4) is 0 Å². The van der Waals surface area contributed by atoms with E-state index in [0.717, 1.165) is 5.56 Å². The van der Waals surface area contributed by atoms with Crippen LogP contribution in [0.2, 0.25) is 0 Å². The molecule has 0 radical (unpaired) electrons. The van der Waals surface area contributed by atoms with Gasteiger partial charge in [-0.05, 0) is 5.56 Å². The van der Waals surface area contributed by atoms with Gasteiger partial charge in [0.15, 0.2) is 5.82 Å². The molecule has 2 N–H and O–H groups in total. The van der Waals surface area contributed by atoms with Crippen molar-refractivity contribution in [1.29, 1.82) is 0 Å². The first-order valence-corrected chi connectivity index (χ1v) is 6.56. The molecule has 0 amide bonds. The first-order valence-electron chi connectivity index (χ1n) is 6.56. The maximum absolute atomic E-state index is 12.2. The van der Waals surface area contributed by atoms with Crippen molar-refractivity contribution in [3.05, 3.63) is 47.6 Å². The summed E-state index contributed by atoms with van der Waals surface area (Å²) in [7, 11) is 0. The topological polar surface area (TPSA) is 64.9 Å². The van der Waals surface area contributed by atoms with Crippen molar-refractivity contribution in [3.63, 3.8) is 0 Å². The number of nitrogens with two attached hydrogens (primary N) is 1. The predicted molar refractivity (Wildman–Crippen MR) is 70.5 cm³/mol. The van der Waals surface area contributed by atoms with E-state index in [1.807, 2.05) is 30.3 Å². The van der Waals surface area contributed by atoms with Crippen LogP contribution < -0.4 is 5.73 Å². The van der Waals surface area contributed by atoms with Crippen molar-refractivity contribution in [2.45, 2.75) is 37.9 Å². The number of aryl methyl sites for hydroxylation is 1. The summed E-state index contributed by atoms with van der Waals surface area (Å²) in [6.45, 7) is 1.80. The Morgan fingerprint density at radius 3 is 2.52 bits per heavy atom. The molecule has 21 heavy (non-hydrogen) atoms. The van der Waals surface area contributed by atoms with Crippen molar-refractivity contribution in [3.8, 4) is 0 Å². The highest BCUT2D eigenvalue weighted by Gasteiger charge is 2.28. The lowest BCUT2D eigenvalue weighted by Gasteiger charge is -2.16. The van der Waals surface area contributed by atoms with Gasteiger partial charge in [-0.25, -0.2) is 0 Å². The summed E-state index contributed by atoms with van der Waals surface area (Å²) in [5.41, 5.74) is 7.02. The second-order valence-electron chi connectivity index (χ2n) is 4.89. The maximum Gasteiger partial charge on any atom is 0.389 e. The van der Waals surface area contributed by atoms with Gasteiger partial charge < -0.3 is 10.3 Å². The van der Waals surface area contributed by atoms with E-state index in [2.05, 4.69) is 10.1 Å². The fourth-order valence-corrected chi connectivity index (χ4v) is 1.93. The molecule has 1 aromatic heterocycles. The number of halogens is 3. The number of hydrogen-bond donors (Lipinski definition) is 1. The van der Waals surface area contributed by atoms with Crippen LogP contribution in [0.15, 0.2) is 34.9 Å². The molecule has 1 heterocycles. The molecule has 0 aliphatic heterocycles. The largest absolute Gasteiger partial charge is 0.389 e. The van der Waals surface area contributed by atoms with Crippen LogP contribution in [-0.4, -0.2) is 16.3 Å². The van der Waals surface area contributed by atoms with E-state index in [1.165, 1.54) is 0 Å². The summed E-state index contributed by atoms with van der Waals surface area (Å²) in [4.78, 5) is 4.00. The molecule has 0 fully saturated rings. The predicted octanol–water partition coefficient (Wildman–Crippen LogP) is 3.37. The standard InChI is InChI=1S/C14H16F3N3O/c1-9(12(18)10-5-3-2-4-6-10)13-19-11(20-21-13)7-8-14(15,16)17/h2-6,9,12H,7-8,18H2,1H3. The van der Waals surface area contributed by atoms with Gasteiger partial charge in [0, 0.05) is 12.5 Å². The quantitative estimate of drug-likeness (QED) is 0.919. The van der Waals surface area contributed by atoms with E-state index < -0.39 is 12.6 Å². The van der Waals surface area contributed by atoms with Crippen LogP contribution in [0.5, 0.6) is 0 Å². The van der Waals surface area contributed by atoms with Gasteiger partial charge in [-0.3, -0.25) is 0 Å². The SMILES string of the molecule is CC(c1nc(CCC(F)(F)F)no1)C(N)c1ccccc1. The lowest BCUT2D eigenvalue weighted by atomic mass is 9.95. The van der Waals surface area contributed by atoms with E-state index in [0.29, 0.717) is 0 Å². The fraction of sp³-hybridized carbons (Fsp3) is 0.429. The van der Waals surface area contributed by atoms with Gasteiger partial charge in [-0.2, -0.15) is 18.2 Å². The van der Waals surface area contributed by atoms with Gasteiger partial charge in [0.1, 0.15) is 0 Å². The highest BCUT2D eigenvalue weighted by Crippen LogP contribution is 2.28. The van der Waals surface area contributed by atoms with E-state index in [1.54, 1.807) is 6.92 Å². The summed E-state index contributed by atoms with van der Waals surface area (Å²) in [6.07, 6.45) is -5.49. The molecule has 1 aromatic carbocycles. The fourth-order valence-electron chi connectivity index (χ4n) is 1.93. The summed E-state index contributed by atoms with van der Waals surface area (Å²) < 4.78 is 41.5. The Kier molecular flexibility index (Phi) is 4.62. The Morgan fingerprint density at radius 1 is 1.24 bits per heavy atom. The van der Waals surface area contributed by atoms with E-state index in [4.69, 9.17) is 10.3 Å². The Balaban J connectivity index is 2.03. The van der Waals surface area contributed by atoms with Crippen molar-refractivity contribution >= 4 is 0 Å². The Morgan fingerprint density at radius 2 is 1.90 bits per heavy atom. The zero-order valence-electron chi connectivity index (χ0n) is 11.5. The van der Waals surface area contributed by atoms with Gasteiger partial charge in [-0.15, -0.1) is 0 Å². The first kappa shape index (κ1) is 15.5. The number of nitrogens with zero attached hydrogens (tertiary/aromatic N) is 2. The van der Waals surface area contributed by atoms with Crippen LogP contribution >= 0.6 is 0 Å². The molecule has 2 unspecified atom stereocenters. The second-order valence-corrected chi connectivity index (χ2v) is 4.89. The molecule has 0 saturated heterocycles. The summed E-state index contributed by atoms with van der Waals surface area (Å²) in [5, 5.41) is 3.57. The van der Waals surface area contributed by atoms with Crippen LogP contribution in [0.25, 0.3) is 0 Å². The van der Waals surface area contributed by atoms with Crippen molar-refractivity contribution in [2.24, 2.45) is 5.73 Å². The first-order chi connectivity index (χ1) is 9.87. The molecule has 2 aromatic rings. The summed E-state index contributed by atoms with van der Waals surface area (Å²) in [6, 6.07) is 9.00. The Labute approximate surface area is 120 Å². The van der Waals surface area contributed by atoms with Crippen LogP contribution in [-0.2, 0) is 6.42 Å². The van der Waals surface area contributed by atoms with E-state index in [-0.39, 0.29) is 30.1 Å². The van der Waals surface area contributed by atoms with E-state index in [9.17, 15) is 13.2 Å². The third-order valence-corrected chi connectivity index (χ3v) is 3.23. The van der Waals surface area contributed by atoms with Gasteiger partial charge in [-0.1, -0.05) is 42.4 Å². The number of alkyl halides is 3. The van der Waals surface area contributed by atoms with Crippen molar-refractivity contribution in [1.82, 2.24) is 10.1 Å². The summed E-state index contributed by atoms with van der Waals surface area (Å²) >= 11 is 0. The molecule has 2 rings (SSSR count). The van der Waals surface area contributed by atoms with Crippen molar-refractivity contribution < 1.29 is 17.7 Å². The third-order valence-electron chi connectivity index (χ3n) is 3.23. The molecule has 0 aliphatic rings. The maximum atomic E-state index is 12.2. The number of benzene rings is 1. The summed E-state index contributed by atoms with van der Waals surface area (Å²) in [5.74, 6) is 0.0255. The Bertz CT molecular complexity index is 568. The zero-order chi connectivity index (χ0) is 15.5.